The minimum absolute atomic E-state index is 0.162. The number of benzene rings is 1. The number of hydrogen-bond acceptors (Lipinski definition) is 4. The Morgan fingerprint density at radius 3 is 2.54 bits per heavy atom. The molecule has 0 aliphatic rings. The van der Waals surface area contributed by atoms with Gasteiger partial charge >= 0.3 is 0 Å². The van der Waals surface area contributed by atoms with Crippen molar-refractivity contribution >= 4 is 33.0 Å². The Kier molecular flexibility index (Phi) is 5.01. The third-order valence-corrected chi connectivity index (χ3v) is 6.61. The summed E-state index contributed by atoms with van der Waals surface area (Å²) in [7, 11) is -3.59. The summed E-state index contributed by atoms with van der Waals surface area (Å²) < 4.78 is 27.9. The lowest BCUT2D eigenvalue weighted by Gasteiger charge is -2.10. The minimum atomic E-state index is -3.59. The molecule has 0 amide bonds. The molecule has 0 atom stereocenters. The van der Waals surface area contributed by atoms with E-state index in [4.69, 9.17) is 11.6 Å². The van der Waals surface area contributed by atoms with E-state index in [-0.39, 0.29) is 10.8 Å². The van der Waals surface area contributed by atoms with Crippen LogP contribution in [0.25, 0.3) is 11.3 Å². The highest BCUT2D eigenvalue weighted by atomic mass is 35.5. The van der Waals surface area contributed by atoms with Crippen LogP contribution < -0.4 is 4.72 Å². The van der Waals surface area contributed by atoms with Crippen molar-refractivity contribution in [3.63, 3.8) is 0 Å². The Labute approximate surface area is 150 Å². The number of sulfonamides is 1. The molecule has 0 unspecified atom stereocenters. The predicted octanol–water partition coefficient (Wildman–Crippen LogP) is 4.25. The lowest BCUT2D eigenvalue weighted by Crippen LogP contribution is -2.22. The van der Waals surface area contributed by atoms with Gasteiger partial charge in [0.25, 0.3) is 0 Å². The van der Waals surface area contributed by atoms with Crippen LogP contribution in [0.5, 0.6) is 0 Å². The molecule has 1 aromatic carbocycles. The summed E-state index contributed by atoms with van der Waals surface area (Å²) in [5.74, 6) is 0. The molecule has 4 nitrogen and oxygen atoms in total. The van der Waals surface area contributed by atoms with Gasteiger partial charge in [0.2, 0.25) is 10.0 Å². The first-order valence-corrected chi connectivity index (χ1v) is 9.89. The minimum Gasteiger partial charge on any atom is -0.256 e. The van der Waals surface area contributed by atoms with E-state index in [1.165, 1.54) is 6.07 Å². The summed E-state index contributed by atoms with van der Waals surface area (Å²) >= 11 is 6.85. The van der Waals surface area contributed by atoms with Gasteiger partial charge in [0.15, 0.2) is 0 Å². The average molecular weight is 379 g/mol. The second-order valence-electron chi connectivity index (χ2n) is 5.26. The Morgan fingerprint density at radius 2 is 1.88 bits per heavy atom. The van der Waals surface area contributed by atoms with Gasteiger partial charge in [-0.2, -0.15) is 0 Å². The summed E-state index contributed by atoms with van der Waals surface area (Å²) in [6.07, 6.45) is 1.70. The maximum atomic E-state index is 12.3. The van der Waals surface area contributed by atoms with Crippen molar-refractivity contribution in [1.82, 2.24) is 9.71 Å². The lowest BCUT2D eigenvalue weighted by molar-refractivity contribution is 0.583. The van der Waals surface area contributed by atoms with Crippen molar-refractivity contribution in [3.05, 3.63) is 70.2 Å². The van der Waals surface area contributed by atoms with Crippen LogP contribution in [0.4, 0.5) is 0 Å². The van der Waals surface area contributed by atoms with E-state index >= 15 is 0 Å². The molecule has 0 saturated carbocycles. The fourth-order valence-electron chi connectivity index (χ4n) is 2.24. The number of pyridine rings is 1. The van der Waals surface area contributed by atoms with E-state index in [0.29, 0.717) is 4.34 Å². The Morgan fingerprint density at radius 1 is 1.12 bits per heavy atom. The van der Waals surface area contributed by atoms with Crippen LogP contribution in [0.2, 0.25) is 4.34 Å². The monoisotopic (exact) mass is 378 g/mol. The molecule has 3 rings (SSSR count). The van der Waals surface area contributed by atoms with E-state index in [1.54, 1.807) is 18.3 Å². The normalized spacial score (nSPS) is 11.6. The fourth-order valence-corrected chi connectivity index (χ4v) is 4.77. The maximum Gasteiger partial charge on any atom is 0.250 e. The smallest absolute Gasteiger partial charge is 0.250 e. The quantitative estimate of drug-likeness (QED) is 0.722. The molecule has 7 heteroatoms. The van der Waals surface area contributed by atoms with Crippen LogP contribution >= 0.6 is 22.9 Å². The van der Waals surface area contributed by atoms with Crippen LogP contribution in [0, 0.1) is 6.92 Å². The summed E-state index contributed by atoms with van der Waals surface area (Å²) in [5, 5.41) is 0. The maximum absolute atomic E-state index is 12.3. The van der Waals surface area contributed by atoms with E-state index in [1.807, 2.05) is 37.3 Å². The van der Waals surface area contributed by atoms with Gasteiger partial charge in [-0.1, -0.05) is 47.5 Å². The number of halogens is 1. The average Bonchev–Trinajstić information content (AvgIpc) is 3.02. The second-order valence-corrected chi connectivity index (χ2v) is 8.97. The third kappa shape index (κ3) is 3.84. The molecule has 124 valence electrons. The van der Waals surface area contributed by atoms with Crippen molar-refractivity contribution in [3.8, 4) is 11.3 Å². The van der Waals surface area contributed by atoms with E-state index in [0.717, 1.165) is 33.7 Å². The Bertz CT molecular complexity index is 951. The molecule has 0 fully saturated rings. The van der Waals surface area contributed by atoms with E-state index < -0.39 is 10.0 Å². The molecule has 2 heterocycles. The summed E-state index contributed by atoms with van der Waals surface area (Å²) in [6, 6.07) is 14.7. The van der Waals surface area contributed by atoms with E-state index in [9.17, 15) is 8.42 Å². The Balaban J connectivity index is 1.85. The number of rotatable bonds is 5. The van der Waals surface area contributed by atoms with E-state index in [2.05, 4.69) is 9.71 Å². The summed E-state index contributed by atoms with van der Waals surface area (Å²) in [4.78, 5) is 4.40. The first-order chi connectivity index (χ1) is 11.5. The van der Waals surface area contributed by atoms with Crippen LogP contribution in [0.15, 0.2) is 58.9 Å². The number of hydrogen-bond donors (Lipinski definition) is 1. The van der Waals surface area contributed by atoms with Gasteiger partial charge in [-0.25, -0.2) is 13.1 Å². The molecule has 0 radical (unpaired) electrons. The van der Waals surface area contributed by atoms with Crippen LogP contribution in [-0.4, -0.2) is 13.4 Å². The zero-order valence-corrected chi connectivity index (χ0v) is 15.3. The van der Waals surface area contributed by atoms with Gasteiger partial charge in [0.05, 0.1) is 10.0 Å². The molecular weight excluding hydrogens is 364 g/mol. The second kappa shape index (κ2) is 7.03. The van der Waals surface area contributed by atoms with Crippen molar-refractivity contribution in [2.45, 2.75) is 17.7 Å². The largest absolute Gasteiger partial charge is 0.256 e. The SMILES string of the molecule is Cc1ccc(-c2ncccc2CNS(=O)(=O)c2ccc(Cl)s2)cc1. The van der Waals surface area contributed by atoms with Gasteiger partial charge in [-0.15, -0.1) is 11.3 Å². The topological polar surface area (TPSA) is 59.1 Å². The van der Waals surface area contributed by atoms with Crippen LogP contribution in [-0.2, 0) is 16.6 Å². The van der Waals surface area contributed by atoms with Gasteiger partial charge in [0.1, 0.15) is 4.21 Å². The van der Waals surface area contributed by atoms with Crippen molar-refractivity contribution in [1.29, 1.82) is 0 Å². The number of aryl methyl sites for hydroxylation is 1. The standard InChI is InChI=1S/C17H15ClN2O2S2/c1-12-4-6-13(7-5-12)17-14(3-2-10-19-17)11-20-24(21,22)16-9-8-15(18)23-16/h2-10,20H,11H2,1H3. The van der Waals surface area contributed by atoms with Crippen molar-refractivity contribution in [2.75, 3.05) is 0 Å². The highest BCUT2D eigenvalue weighted by molar-refractivity contribution is 7.91. The highest BCUT2D eigenvalue weighted by Gasteiger charge is 2.17. The number of nitrogens with zero attached hydrogens (tertiary/aromatic N) is 1. The van der Waals surface area contributed by atoms with Gasteiger partial charge in [0, 0.05) is 18.3 Å². The fraction of sp³-hybridized carbons (Fsp3) is 0.118. The van der Waals surface area contributed by atoms with Crippen LogP contribution in [0.3, 0.4) is 0 Å². The van der Waals surface area contributed by atoms with Gasteiger partial charge in [-0.3, -0.25) is 4.98 Å². The Hall–Kier alpha value is -1.73. The third-order valence-electron chi connectivity index (χ3n) is 3.48. The van der Waals surface area contributed by atoms with Gasteiger partial charge in [-0.05, 0) is 30.7 Å². The molecule has 24 heavy (non-hydrogen) atoms. The predicted molar refractivity (Wildman–Crippen MR) is 97.8 cm³/mol. The number of aromatic nitrogens is 1. The number of thiophene rings is 1. The first kappa shape index (κ1) is 17.1. The molecule has 0 bridgehead atoms. The summed E-state index contributed by atoms with van der Waals surface area (Å²) in [6.45, 7) is 2.18. The molecule has 2 aromatic heterocycles. The van der Waals surface area contributed by atoms with Crippen molar-refractivity contribution in [2.24, 2.45) is 0 Å². The zero-order valence-electron chi connectivity index (χ0n) is 12.9. The summed E-state index contributed by atoms with van der Waals surface area (Å²) in [5.41, 5.74) is 3.69. The zero-order chi connectivity index (χ0) is 17.2. The van der Waals surface area contributed by atoms with Crippen LogP contribution in [0.1, 0.15) is 11.1 Å². The van der Waals surface area contributed by atoms with Crippen molar-refractivity contribution < 1.29 is 8.42 Å². The lowest BCUT2D eigenvalue weighted by atomic mass is 10.0. The molecule has 3 aromatic rings. The first-order valence-electron chi connectivity index (χ1n) is 7.22. The van der Waals surface area contributed by atoms with Gasteiger partial charge < -0.3 is 0 Å². The molecule has 0 saturated heterocycles. The number of nitrogens with one attached hydrogen (secondary N) is 1. The molecule has 1 N–H and O–H groups in total. The highest BCUT2D eigenvalue weighted by Crippen LogP contribution is 2.26. The molecule has 0 aliphatic carbocycles. The molecular formula is C17H15ClN2O2S2. The molecule has 0 spiro atoms. The molecule has 0 aliphatic heterocycles.